The van der Waals surface area contributed by atoms with E-state index >= 15 is 0 Å². The van der Waals surface area contributed by atoms with Crippen LogP contribution in [0.25, 0.3) is 0 Å². The van der Waals surface area contributed by atoms with Crippen molar-refractivity contribution in [3.8, 4) is 0 Å². The van der Waals surface area contributed by atoms with Gasteiger partial charge in [-0.3, -0.25) is 4.79 Å². The minimum Gasteiger partial charge on any atom is -0.480 e. The maximum Gasteiger partial charge on any atom is 0.326 e. The van der Waals surface area contributed by atoms with Crippen LogP contribution in [0, 0.1) is 0 Å². The van der Waals surface area contributed by atoms with Crippen molar-refractivity contribution in [2.75, 3.05) is 12.0 Å². The zero-order valence-electron chi connectivity index (χ0n) is 11.4. The molecule has 0 aliphatic rings. The Bertz CT molecular complexity index is 246. The second kappa shape index (κ2) is 11.4. The largest absolute Gasteiger partial charge is 0.480 e. The van der Waals surface area contributed by atoms with Crippen molar-refractivity contribution in [2.45, 2.75) is 57.9 Å². The quantitative estimate of drug-likeness (QED) is 0.569. The first-order valence-corrected chi connectivity index (χ1v) is 8.02. The number of carboxylic acid groups (broad SMARTS) is 1. The maximum absolute atomic E-state index is 11.6. The van der Waals surface area contributed by atoms with Crippen molar-refractivity contribution in [3.05, 3.63) is 0 Å². The van der Waals surface area contributed by atoms with E-state index in [2.05, 4.69) is 12.2 Å². The lowest BCUT2D eigenvalue weighted by Crippen LogP contribution is -2.41. The van der Waals surface area contributed by atoms with Gasteiger partial charge in [-0.1, -0.05) is 32.6 Å². The molecule has 18 heavy (non-hydrogen) atoms. The molecule has 0 heterocycles. The van der Waals surface area contributed by atoms with E-state index in [1.807, 2.05) is 6.26 Å². The Morgan fingerprint density at radius 3 is 2.44 bits per heavy atom. The number of hydrogen-bond acceptors (Lipinski definition) is 3. The molecule has 0 aromatic heterocycles. The average Bonchev–Trinajstić information content (AvgIpc) is 2.33. The van der Waals surface area contributed by atoms with Gasteiger partial charge >= 0.3 is 5.97 Å². The SMILES string of the molecule is CCCCCCCC(=O)N[C@@H](CCSC)C(=O)O. The summed E-state index contributed by atoms with van der Waals surface area (Å²) in [6, 6.07) is -0.736. The van der Waals surface area contributed by atoms with Crippen molar-refractivity contribution < 1.29 is 14.7 Å². The van der Waals surface area contributed by atoms with Crippen LogP contribution in [0.15, 0.2) is 0 Å². The van der Waals surface area contributed by atoms with Gasteiger partial charge in [0.2, 0.25) is 5.91 Å². The van der Waals surface area contributed by atoms with Gasteiger partial charge < -0.3 is 10.4 Å². The van der Waals surface area contributed by atoms with E-state index in [9.17, 15) is 9.59 Å². The van der Waals surface area contributed by atoms with Gasteiger partial charge in [0, 0.05) is 6.42 Å². The molecule has 0 saturated carbocycles. The van der Waals surface area contributed by atoms with Crippen molar-refractivity contribution >= 4 is 23.6 Å². The van der Waals surface area contributed by atoms with E-state index in [1.165, 1.54) is 12.8 Å². The Kier molecular flexibility index (Phi) is 10.9. The summed E-state index contributed by atoms with van der Waals surface area (Å²) in [5.41, 5.74) is 0. The highest BCUT2D eigenvalue weighted by Crippen LogP contribution is 2.06. The van der Waals surface area contributed by atoms with Gasteiger partial charge in [-0.05, 0) is 24.9 Å². The van der Waals surface area contributed by atoms with Gasteiger partial charge in [-0.2, -0.15) is 11.8 Å². The molecule has 2 N–H and O–H groups in total. The van der Waals surface area contributed by atoms with Crippen LogP contribution in [-0.2, 0) is 9.59 Å². The highest BCUT2D eigenvalue weighted by Gasteiger charge is 2.18. The van der Waals surface area contributed by atoms with E-state index < -0.39 is 12.0 Å². The smallest absolute Gasteiger partial charge is 0.326 e. The van der Waals surface area contributed by atoms with Crippen LogP contribution in [0.4, 0.5) is 0 Å². The fourth-order valence-corrected chi connectivity index (χ4v) is 2.12. The molecule has 0 aromatic rings. The molecule has 0 aliphatic heterocycles. The lowest BCUT2D eigenvalue weighted by atomic mass is 10.1. The summed E-state index contributed by atoms with van der Waals surface area (Å²) in [7, 11) is 0. The van der Waals surface area contributed by atoms with E-state index in [4.69, 9.17) is 5.11 Å². The number of amides is 1. The lowest BCUT2D eigenvalue weighted by molar-refractivity contribution is -0.141. The van der Waals surface area contributed by atoms with Gasteiger partial charge in [-0.15, -0.1) is 0 Å². The number of carbonyl (C=O) groups excluding carboxylic acids is 1. The molecule has 0 aliphatic carbocycles. The van der Waals surface area contributed by atoms with Crippen molar-refractivity contribution in [3.63, 3.8) is 0 Å². The third-order valence-electron chi connectivity index (χ3n) is 2.75. The zero-order chi connectivity index (χ0) is 13.8. The monoisotopic (exact) mass is 275 g/mol. The first kappa shape index (κ1) is 17.3. The summed E-state index contributed by atoms with van der Waals surface area (Å²) in [6.45, 7) is 2.15. The highest BCUT2D eigenvalue weighted by molar-refractivity contribution is 7.98. The third-order valence-corrected chi connectivity index (χ3v) is 3.40. The molecular weight excluding hydrogens is 250 g/mol. The molecule has 4 nitrogen and oxygen atoms in total. The van der Waals surface area contributed by atoms with Crippen LogP contribution in [0.5, 0.6) is 0 Å². The van der Waals surface area contributed by atoms with Crippen LogP contribution in [0.3, 0.4) is 0 Å². The summed E-state index contributed by atoms with van der Waals surface area (Å²) >= 11 is 1.59. The summed E-state index contributed by atoms with van der Waals surface area (Å²) in [5, 5.41) is 11.6. The van der Waals surface area contributed by atoms with Crippen LogP contribution < -0.4 is 5.32 Å². The van der Waals surface area contributed by atoms with Crippen molar-refractivity contribution in [1.29, 1.82) is 0 Å². The number of unbranched alkanes of at least 4 members (excludes halogenated alkanes) is 4. The van der Waals surface area contributed by atoms with Gasteiger partial charge in [0.05, 0.1) is 0 Å². The summed E-state index contributed by atoms with van der Waals surface area (Å²) in [4.78, 5) is 22.5. The molecule has 0 saturated heterocycles. The fraction of sp³-hybridized carbons (Fsp3) is 0.846. The number of thioether (sulfide) groups is 1. The Morgan fingerprint density at radius 2 is 1.89 bits per heavy atom. The Morgan fingerprint density at radius 1 is 1.22 bits per heavy atom. The van der Waals surface area contributed by atoms with Crippen molar-refractivity contribution in [2.24, 2.45) is 0 Å². The molecule has 1 atom stereocenters. The average molecular weight is 275 g/mol. The number of nitrogens with one attached hydrogen (secondary N) is 1. The van der Waals surface area contributed by atoms with E-state index in [0.717, 1.165) is 25.0 Å². The van der Waals surface area contributed by atoms with Crippen LogP contribution in [0.2, 0.25) is 0 Å². The molecular formula is C13H25NO3S. The Labute approximate surface area is 114 Å². The van der Waals surface area contributed by atoms with Crippen LogP contribution >= 0.6 is 11.8 Å². The maximum atomic E-state index is 11.6. The normalized spacial score (nSPS) is 12.1. The van der Waals surface area contributed by atoms with Crippen LogP contribution in [-0.4, -0.2) is 35.0 Å². The molecule has 0 aromatic carbocycles. The number of hydrogen-bond donors (Lipinski definition) is 2. The molecule has 0 spiro atoms. The number of aliphatic carboxylic acids is 1. The predicted octanol–water partition coefficient (Wildman–Crippen LogP) is 2.67. The van der Waals surface area contributed by atoms with Gasteiger partial charge in [0.15, 0.2) is 0 Å². The fourth-order valence-electron chi connectivity index (χ4n) is 1.65. The molecule has 1 amide bonds. The first-order chi connectivity index (χ1) is 8.61. The highest BCUT2D eigenvalue weighted by atomic mass is 32.2. The van der Waals surface area contributed by atoms with E-state index in [1.54, 1.807) is 11.8 Å². The molecule has 0 radical (unpaired) electrons. The third kappa shape index (κ3) is 9.33. The number of rotatable bonds is 11. The summed E-state index contributed by atoms with van der Waals surface area (Å²) < 4.78 is 0. The van der Waals surface area contributed by atoms with Gasteiger partial charge in [0.25, 0.3) is 0 Å². The van der Waals surface area contributed by atoms with E-state index in [-0.39, 0.29) is 5.91 Å². The standard InChI is InChI=1S/C13H25NO3S/c1-3-4-5-6-7-8-12(15)14-11(13(16)17)9-10-18-2/h11H,3-10H2,1-2H3,(H,14,15)(H,16,17)/t11-/m0/s1. The van der Waals surface area contributed by atoms with Crippen LogP contribution in [0.1, 0.15) is 51.9 Å². The molecule has 5 heteroatoms. The first-order valence-electron chi connectivity index (χ1n) is 6.63. The zero-order valence-corrected chi connectivity index (χ0v) is 12.2. The Hall–Kier alpha value is -0.710. The minimum atomic E-state index is -0.941. The predicted molar refractivity (Wildman–Crippen MR) is 75.9 cm³/mol. The second-order valence-electron chi connectivity index (χ2n) is 4.40. The molecule has 106 valence electrons. The topological polar surface area (TPSA) is 66.4 Å². The van der Waals surface area contributed by atoms with E-state index in [0.29, 0.717) is 12.8 Å². The molecule has 0 rings (SSSR count). The van der Waals surface area contributed by atoms with Gasteiger partial charge in [0.1, 0.15) is 6.04 Å². The number of carboxylic acids is 1. The van der Waals surface area contributed by atoms with Gasteiger partial charge in [-0.25, -0.2) is 4.79 Å². The second-order valence-corrected chi connectivity index (χ2v) is 5.39. The lowest BCUT2D eigenvalue weighted by Gasteiger charge is -2.13. The molecule has 0 bridgehead atoms. The summed E-state index contributed by atoms with van der Waals surface area (Å²) in [5.74, 6) is -0.336. The molecule has 0 fully saturated rings. The number of carbonyl (C=O) groups is 2. The summed E-state index contributed by atoms with van der Waals surface area (Å²) in [6.07, 6.45) is 8.28. The minimum absolute atomic E-state index is 0.139. The van der Waals surface area contributed by atoms with Crippen molar-refractivity contribution in [1.82, 2.24) is 5.32 Å². The Balaban J connectivity index is 3.77. The molecule has 0 unspecified atom stereocenters.